The van der Waals surface area contributed by atoms with Crippen molar-refractivity contribution in [1.82, 2.24) is 25.9 Å². The monoisotopic (exact) mass is 297 g/mol. The highest BCUT2D eigenvalue weighted by atomic mass is 19.1. The first-order valence-corrected chi connectivity index (χ1v) is 6.59. The Morgan fingerprint density at radius 3 is 2.45 bits per heavy atom. The van der Waals surface area contributed by atoms with Gasteiger partial charge in [-0.05, 0) is 35.0 Å². The molecule has 110 valence electrons. The fourth-order valence-electron chi connectivity index (χ4n) is 1.94. The van der Waals surface area contributed by atoms with Crippen LogP contribution in [0.3, 0.4) is 0 Å². The first-order valence-electron chi connectivity index (χ1n) is 6.59. The number of carbonyl (C=O) groups excluding carboxylic acids is 1. The zero-order valence-electron chi connectivity index (χ0n) is 11.5. The van der Waals surface area contributed by atoms with Crippen molar-refractivity contribution in [2.75, 3.05) is 0 Å². The van der Waals surface area contributed by atoms with Gasteiger partial charge in [-0.2, -0.15) is 5.21 Å². The molecule has 0 aliphatic carbocycles. The van der Waals surface area contributed by atoms with Crippen molar-refractivity contribution in [3.8, 4) is 11.4 Å². The molecule has 1 amide bonds. The molecule has 3 aromatic rings. The summed E-state index contributed by atoms with van der Waals surface area (Å²) in [4.78, 5) is 12.0. The van der Waals surface area contributed by atoms with E-state index >= 15 is 0 Å². The van der Waals surface area contributed by atoms with Crippen molar-refractivity contribution >= 4 is 5.91 Å². The van der Waals surface area contributed by atoms with Crippen LogP contribution < -0.4 is 5.32 Å². The maximum atomic E-state index is 12.8. The minimum atomic E-state index is -0.299. The molecule has 0 atom stereocenters. The van der Waals surface area contributed by atoms with Gasteiger partial charge < -0.3 is 5.32 Å². The fraction of sp³-hybridized carbons (Fsp3) is 0.0667. The van der Waals surface area contributed by atoms with Crippen LogP contribution in [0.2, 0.25) is 0 Å². The molecule has 2 aromatic carbocycles. The van der Waals surface area contributed by atoms with E-state index in [1.54, 1.807) is 36.4 Å². The van der Waals surface area contributed by atoms with Gasteiger partial charge in [-0.25, -0.2) is 4.39 Å². The van der Waals surface area contributed by atoms with Gasteiger partial charge in [0.1, 0.15) is 5.82 Å². The molecule has 0 aliphatic heterocycles. The van der Waals surface area contributed by atoms with E-state index in [0.29, 0.717) is 17.9 Å². The number of tetrazole rings is 1. The number of aromatic amines is 1. The molecule has 0 radical (unpaired) electrons. The Balaban J connectivity index is 1.63. The van der Waals surface area contributed by atoms with Crippen molar-refractivity contribution in [2.45, 2.75) is 6.54 Å². The van der Waals surface area contributed by atoms with Crippen LogP contribution in [-0.2, 0) is 6.54 Å². The molecule has 0 aliphatic rings. The molecule has 0 fully saturated rings. The second-order valence-electron chi connectivity index (χ2n) is 4.62. The maximum Gasteiger partial charge on any atom is 0.251 e. The molecule has 6 nitrogen and oxygen atoms in total. The molecular formula is C15H12FN5O. The summed E-state index contributed by atoms with van der Waals surface area (Å²) in [6.45, 7) is 0.339. The summed E-state index contributed by atoms with van der Waals surface area (Å²) in [6, 6.07) is 12.9. The van der Waals surface area contributed by atoms with E-state index in [-0.39, 0.29) is 11.7 Å². The van der Waals surface area contributed by atoms with Crippen molar-refractivity contribution in [1.29, 1.82) is 0 Å². The second-order valence-corrected chi connectivity index (χ2v) is 4.62. The summed E-state index contributed by atoms with van der Waals surface area (Å²) in [5, 5.41) is 16.4. The molecule has 1 aromatic heterocycles. The number of halogens is 1. The van der Waals surface area contributed by atoms with Gasteiger partial charge in [-0.1, -0.05) is 24.3 Å². The lowest BCUT2D eigenvalue weighted by atomic mass is 10.1. The number of benzene rings is 2. The highest BCUT2D eigenvalue weighted by Crippen LogP contribution is 2.14. The highest BCUT2D eigenvalue weighted by molar-refractivity contribution is 5.94. The van der Waals surface area contributed by atoms with E-state index < -0.39 is 0 Å². The van der Waals surface area contributed by atoms with E-state index in [4.69, 9.17) is 0 Å². The lowest BCUT2D eigenvalue weighted by Crippen LogP contribution is -2.22. The Morgan fingerprint density at radius 2 is 1.82 bits per heavy atom. The fourth-order valence-corrected chi connectivity index (χ4v) is 1.94. The van der Waals surface area contributed by atoms with Crippen LogP contribution in [0.25, 0.3) is 11.4 Å². The van der Waals surface area contributed by atoms with Crippen LogP contribution in [-0.4, -0.2) is 26.5 Å². The van der Waals surface area contributed by atoms with Gasteiger partial charge in [-0.3, -0.25) is 4.79 Å². The number of amides is 1. The van der Waals surface area contributed by atoms with Crippen molar-refractivity contribution < 1.29 is 9.18 Å². The number of hydrogen-bond acceptors (Lipinski definition) is 4. The van der Waals surface area contributed by atoms with Crippen LogP contribution in [0.5, 0.6) is 0 Å². The lowest BCUT2D eigenvalue weighted by Gasteiger charge is -2.06. The van der Waals surface area contributed by atoms with Crippen LogP contribution in [0, 0.1) is 5.82 Å². The van der Waals surface area contributed by atoms with Crippen molar-refractivity contribution in [2.24, 2.45) is 0 Å². The summed E-state index contributed by atoms with van der Waals surface area (Å²) in [5.41, 5.74) is 2.12. The molecule has 0 bridgehead atoms. The van der Waals surface area contributed by atoms with Gasteiger partial charge >= 0.3 is 0 Å². The van der Waals surface area contributed by atoms with Gasteiger partial charge in [0.15, 0.2) is 0 Å². The molecule has 0 saturated carbocycles. The molecule has 1 heterocycles. The summed E-state index contributed by atoms with van der Waals surface area (Å²) in [7, 11) is 0. The summed E-state index contributed by atoms with van der Waals surface area (Å²) >= 11 is 0. The third kappa shape index (κ3) is 3.14. The lowest BCUT2D eigenvalue weighted by molar-refractivity contribution is 0.0951. The number of nitrogens with one attached hydrogen (secondary N) is 2. The third-order valence-electron chi connectivity index (χ3n) is 3.12. The molecule has 22 heavy (non-hydrogen) atoms. The Bertz CT molecular complexity index is 754. The minimum absolute atomic E-state index is 0.205. The number of aromatic nitrogens is 4. The first-order chi connectivity index (χ1) is 10.7. The van der Waals surface area contributed by atoms with E-state index in [0.717, 1.165) is 11.1 Å². The van der Waals surface area contributed by atoms with Gasteiger partial charge in [-0.15, -0.1) is 10.2 Å². The number of nitrogens with zero attached hydrogens (tertiary/aromatic N) is 3. The Hall–Kier alpha value is -3.09. The van der Waals surface area contributed by atoms with Gasteiger partial charge in [0.25, 0.3) is 5.91 Å². The van der Waals surface area contributed by atoms with Crippen molar-refractivity contribution in [3.63, 3.8) is 0 Å². The predicted molar refractivity (Wildman–Crippen MR) is 77.2 cm³/mol. The Kier molecular flexibility index (Phi) is 3.86. The van der Waals surface area contributed by atoms with E-state index in [1.165, 1.54) is 12.1 Å². The zero-order chi connectivity index (χ0) is 15.4. The number of carbonyl (C=O) groups is 1. The molecule has 7 heteroatoms. The van der Waals surface area contributed by atoms with Gasteiger partial charge in [0.2, 0.25) is 5.82 Å². The van der Waals surface area contributed by atoms with Crippen LogP contribution in [0.1, 0.15) is 15.9 Å². The Morgan fingerprint density at radius 1 is 1.09 bits per heavy atom. The average Bonchev–Trinajstić information content (AvgIpc) is 3.09. The predicted octanol–water partition coefficient (Wildman–Crippen LogP) is 1.94. The van der Waals surface area contributed by atoms with Gasteiger partial charge in [0, 0.05) is 17.7 Å². The molecule has 2 N–H and O–H groups in total. The van der Waals surface area contributed by atoms with Crippen LogP contribution >= 0.6 is 0 Å². The molecule has 0 saturated heterocycles. The summed E-state index contributed by atoms with van der Waals surface area (Å²) < 4.78 is 12.8. The Labute approximate surface area is 125 Å². The molecule has 0 unspecified atom stereocenters. The first kappa shape index (κ1) is 13.9. The largest absolute Gasteiger partial charge is 0.348 e. The van der Waals surface area contributed by atoms with Crippen LogP contribution in [0.4, 0.5) is 4.39 Å². The molecule has 0 spiro atoms. The minimum Gasteiger partial charge on any atom is -0.348 e. The third-order valence-corrected chi connectivity index (χ3v) is 3.12. The van der Waals surface area contributed by atoms with E-state index in [9.17, 15) is 9.18 Å². The second kappa shape index (κ2) is 6.13. The summed E-state index contributed by atoms with van der Waals surface area (Å²) in [6.07, 6.45) is 0. The van der Waals surface area contributed by atoms with E-state index in [2.05, 4.69) is 25.9 Å². The van der Waals surface area contributed by atoms with E-state index in [1.807, 2.05) is 0 Å². The zero-order valence-corrected chi connectivity index (χ0v) is 11.5. The number of H-pyrrole nitrogens is 1. The quantitative estimate of drug-likeness (QED) is 0.771. The number of hydrogen-bond donors (Lipinski definition) is 2. The highest BCUT2D eigenvalue weighted by Gasteiger charge is 2.07. The topological polar surface area (TPSA) is 83.6 Å². The standard InChI is InChI=1S/C15H12FN5O/c16-13-7-1-10(2-8-13)9-17-15(22)12-5-3-11(4-6-12)14-18-20-21-19-14/h1-8H,9H2,(H,17,22)(H,18,19,20,21). The average molecular weight is 297 g/mol. The molecular weight excluding hydrogens is 285 g/mol. The normalized spacial score (nSPS) is 10.4. The number of rotatable bonds is 4. The SMILES string of the molecule is O=C(NCc1ccc(F)cc1)c1ccc(-c2nn[nH]n2)cc1. The van der Waals surface area contributed by atoms with Gasteiger partial charge in [0.05, 0.1) is 0 Å². The smallest absolute Gasteiger partial charge is 0.251 e. The maximum absolute atomic E-state index is 12.8. The van der Waals surface area contributed by atoms with Crippen LogP contribution in [0.15, 0.2) is 48.5 Å². The summed E-state index contributed by atoms with van der Waals surface area (Å²) in [5.74, 6) is -0.0330. The van der Waals surface area contributed by atoms with Crippen molar-refractivity contribution in [3.05, 3.63) is 65.5 Å². The molecule has 3 rings (SSSR count).